The molecule has 15 heteroatoms. The largest absolute Gasteiger partial charge is 0.354 e. The molecule has 208 valence electrons. The third-order valence-electron chi connectivity index (χ3n) is 6.15. The molecule has 0 radical (unpaired) electrons. The van der Waals surface area contributed by atoms with Crippen molar-refractivity contribution in [1.29, 1.82) is 0 Å². The first kappa shape index (κ1) is 29.6. The van der Waals surface area contributed by atoms with Gasteiger partial charge in [-0.2, -0.15) is 17.7 Å². The number of halogens is 4. The number of anilines is 2. The molecular weight excluding hydrogens is 547 g/mol. The molecule has 1 aliphatic heterocycles. The molecule has 1 aliphatic rings. The molecule has 1 saturated heterocycles. The predicted octanol–water partition coefficient (Wildman–Crippen LogP) is 2.94. The van der Waals surface area contributed by atoms with Crippen molar-refractivity contribution in [2.24, 2.45) is 12.8 Å². The van der Waals surface area contributed by atoms with Gasteiger partial charge in [0.05, 0.1) is 16.8 Å². The lowest BCUT2D eigenvalue weighted by Gasteiger charge is -2.18. The molecule has 0 spiro atoms. The van der Waals surface area contributed by atoms with E-state index in [2.05, 4.69) is 15.3 Å². The van der Waals surface area contributed by atoms with Crippen molar-refractivity contribution in [1.82, 2.24) is 18.8 Å². The average Bonchev–Trinajstić information content (AvgIpc) is 3.31. The number of hydrogen-bond acceptors (Lipinski definition) is 7. The minimum atomic E-state index is -4.29. The number of nitrogens with zero attached hydrogens (tertiary/aromatic N) is 4. The van der Waals surface area contributed by atoms with Crippen molar-refractivity contribution in [3.8, 4) is 11.1 Å². The van der Waals surface area contributed by atoms with Crippen LogP contribution in [0.5, 0.6) is 0 Å². The SMILES string of the molecule is Cl.Cn1c(=O)c(-c2c(F)ccc(NS(=O)(=O)N3CC[C@@H](F)C3)c2F)cc2cnc(NCCCCCN)nc21. The predicted molar refractivity (Wildman–Crippen MR) is 142 cm³/mol. The number of nitrogens with two attached hydrogens (primary N) is 1. The number of fused-ring (bicyclic) bond motifs is 1. The van der Waals surface area contributed by atoms with Crippen LogP contribution in [0.2, 0.25) is 0 Å². The van der Waals surface area contributed by atoms with Crippen molar-refractivity contribution in [3.05, 3.63) is 46.4 Å². The highest BCUT2D eigenvalue weighted by Crippen LogP contribution is 2.31. The van der Waals surface area contributed by atoms with Crippen LogP contribution in [0.1, 0.15) is 25.7 Å². The van der Waals surface area contributed by atoms with Crippen LogP contribution in [0.25, 0.3) is 22.2 Å². The van der Waals surface area contributed by atoms with Crippen LogP contribution < -0.4 is 21.3 Å². The van der Waals surface area contributed by atoms with Crippen LogP contribution >= 0.6 is 12.4 Å². The standard InChI is InChI=1S/C23H28F3N7O3S.ClH/c1-32-21-14(12-29-23(30-21)28-9-4-2-3-8-27)11-16(22(32)34)19-17(25)5-6-18(20(19)26)31-37(35,36)33-10-7-15(24)13-33;/h5-6,11-12,15,31H,2-4,7-10,13,27H2,1H3,(H,28,29,30);1H/t15-;/m1./s1. The summed E-state index contributed by atoms with van der Waals surface area (Å²) < 4.78 is 73.0. The number of benzene rings is 1. The van der Waals surface area contributed by atoms with Crippen molar-refractivity contribution >= 4 is 45.3 Å². The van der Waals surface area contributed by atoms with Gasteiger partial charge >= 0.3 is 10.2 Å². The second-order valence-electron chi connectivity index (χ2n) is 8.81. The zero-order chi connectivity index (χ0) is 26.7. The quantitative estimate of drug-likeness (QED) is 0.316. The van der Waals surface area contributed by atoms with E-state index in [0.29, 0.717) is 24.4 Å². The Labute approximate surface area is 224 Å². The van der Waals surface area contributed by atoms with Crippen LogP contribution in [0.4, 0.5) is 24.8 Å². The summed E-state index contributed by atoms with van der Waals surface area (Å²) in [5.74, 6) is -2.03. The van der Waals surface area contributed by atoms with E-state index in [4.69, 9.17) is 5.73 Å². The van der Waals surface area contributed by atoms with E-state index in [1.807, 2.05) is 4.72 Å². The van der Waals surface area contributed by atoms with Gasteiger partial charge in [0.2, 0.25) is 5.95 Å². The second kappa shape index (κ2) is 12.3. The van der Waals surface area contributed by atoms with Gasteiger partial charge in [-0.1, -0.05) is 6.42 Å². The summed E-state index contributed by atoms with van der Waals surface area (Å²) in [6.45, 7) is 0.799. The van der Waals surface area contributed by atoms with Crippen LogP contribution in [-0.4, -0.2) is 59.6 Å². The molecule has 1 fully saturated rings. The monoisotopic (exact) mass is 575 g/mol. The molecule has 0 aliphatic carbocycles. The van der Waals surface area contributed by atoms with Gasteiger partial charge in [0.25, 0.3) is 5.56 Å². The van der Waals surface area contributed by atoms with E-state index >= 15 is 4.39 Å². The van der Waals surface area contributed by atoms with Crippen molar-refractivity contribution in [2.75, 3.05) is 36.2 Å². The molecule has 10 nitrogen and oxygen atoms in total. The number of aryl methyl sites for hydroxylation is 1. The van der Waals surface area contributed by atoms with Crippen molar-refractivity contribution < 1.29 is 21.6 Å². The minimum Gasteiger partial charge on any atom is -0.354 e. The summed E-state index contributed by atoms with van der Waals surface area (Å²) in [5, 5.41) is 3.42. The molecule has 0 saturated carbocycles. The van der Waals surface area contributed by atoms with Crippen LogP contribution in [0.15, 0.2) is 29.2 Å². The zero-order valence-corrected chi connectivity index (χ0v) is 22.2. The van der Waals surface area contributed by atoms with Crippen LogP contribution in [-0.2, 0) is 17.3 Å². The maximum atomic E-state index is 15.5. The molecule has 3 heterocycles. The maximum absolute atomic E-state index is 15.5. The third kappa shape index (κ3) is 6.20. The summed E-state index contributed by atoms with van der Waals surface area (Å²) in [6, 6.07) is 3.03. The number of hydrogen-bond donors (Lipinski definition) is 3. The highest BCUT2D eigenvalue weighted by Gasteiger charge is 2.32. The summed E-state index contributed by atoms with van der Waals surface area (Å²) >= 11 is 0. The normalized spacial score (nSPS) is 16.0. The molecule has 4 rings (SSSR count). The lowest BCUT2D eigenvalue weighted by molar-refractivity contribution is 0.343. The second-order valence-corrected chi connectivity index (χ2v) is 10.5. The zero-order valence-electron chi connectivity index (χ0n) is 20.6. The number of rotatable bonds is 10. The van der Waals surface area contributed by atoms with E-state index in [1.54, 1.807) is 0 Å². The lowest BCUT2D eigenvalue weighted by Crippen LogP contribution is -2.34. The molecule has 0 unspecified atom stereocenters. The van der Waals surface area contributed by atoms with Gasteiger partial charge < -0.3 is 11.1 Å². The Morgan fingerprint density at radius 3 is 2.66 bits per heavy atom. The van der Waals surface area contributed by atoms with E-state index in [-0.39, 0.29) is 43.1 Å². The fraction of sp³-hybridized carbons (Fsp3) is 0.435. The Bertz CT molecular complexity index is 1470. The van der Waals surface area contributed by atoms with Crippen LogP contribution in [0, 0.1) is 11.6 Å². The molecule has 2 aromatic heterocycles. The molecule has 0 bridgehead atoms. The minimum absolute atomic E-state index is 0. The number of nitrogens with one attached hydrogen (secondary N) is 2. The van der Waals surface area contributed by atoms with E-state index in [1.165, 1.54) is 19.3 Å². The molecule has 0 amide bonds. The Morgan fingerprint density at radius 1 is 1.21 bits per heavy atom. The number of aromatic nitrogens is 3. The van der Waals surface area contributed by atoms with E-state index < -0.39 is 44.8 Å². The van der Waals surface area contributed by atoms with Crippen molar-refractivity contribution in [2.45, 2.75) is 31.9 Å². The van der Waals surface area contributed by atoms with Gasteiger partial charge in [0.1, 0.15) is 17.6 Å². The van der Waals surface area contributed by atoms with Crippen molar-refractivity contribution in [3.63, 3.8) is 0 Å². The third-order valence-corrected chi connectivity index (χ3v) is 7.63. The molecule has 4 N–H and O–H groups in total. The summed E-state index contributed by atoms with van der Waals surface area (Å²) in [5.41, 5.74) is 3.40. The smallest absolute Gasteiger partial charge is 0.301 e. The Morgan fingerprint density at radius 2 is 1.97 bits per heavy atom. The maximum Gasteiger partial charge on any atom is 0.301 e. The first-order valence-electron chi connectivity index (χ1n) is 11.8. The molecule has 38 heavy (non-hydrogen) atoms. The first-order chi connectivity index (χ1) is 17.6. The lowest BCUT2D eigenvalue weighted by atomic mass is 10.0. The van der Waals surface area contributed by atoms with Gasteiger partial charge in [-0.05, 0) is 44.0 Å². The Balaban J connectivity index is 0.00000400. The highest BCUT2D eigenvalue weighted by atomic mass is 35.5. The van der Waals surface area contributed by atoms with Gasteiger partial charge in [-0.15, -0.1) is 12.4 Å². The highest BCUT2D eigenvalue weighted by molar-refractivity contribution is 7.90. The molecule has 3 aromatic rings. The molecule has 1 atom stereocenters. The summed E-state index contributed by atoms with van der Waals surface area (Å²) in [4.78, 5) is 21.7. The fourth-order valence-electron chi connectivity index (χ4n) is 4.14. The van der Waals surface area contributed by atoms with Gasteiger partial charge in [-0.3, -0.25) is 14.1 Å². The van der Waals surface area contributed by atoms with Gasteiger partial charge in [-0.25, -0.2) is 18.2 Å². The average molecular weight is 576 g/mol. The van der Waals surface area contributed by atoms with Crippen LogP contribution in [0.3, 0.4) is 0 Å². The number of pyridine rings is 1. The van der Waals surface area contributed by atoms with Gasteiger partial charge in [0.15, 0.2) is 5.82 Å². The summed E-state index contributed by atoms with van der Waals surface area (Å²) in [7, 11) is -2.87. The topological polar surface area (TPSA) is 135 Å². The van der Waals surface area contributed by atoms with Gasteiger partial charge in [0, 0.05) is 38.3 Å². The fourth-order valence-corrected chi connectivity index (χ4v) is 5.41. The van der Waals surface area contributed by atoms with E-state index in [0.717, 1.165) is 40.3 Å². The Hall–Kier alpha value is -2.94. The Kier molecular flexibility index (Phi) is 9.57. The molecule has 1 aromatic carbocycles. The number of alkyl halides is 1. The summed E-state index contributed by atoms with van der Waals surface area (Å²) in [6.07, 6.45) is 2.85. The molecular formula is C23H29ClF3N7O3S. The first-order valence-corrected chi connectivity index (χ1v) is 13.3. The number of unbranched alkanes of at least 4 members (excludes halogenated alkanes) is 2. The van der Waals surface area contributed by atoms with E-state index in [9.17, 15) is 22.0 Å².